The van der Waals surface area contributed by atoms with Gasteiger partial charge in [0, 0.05) is 49.5 Å². The lowest BCUT2D eigenvalue weighted by atomic mass is 9.94. The first-order valence-electron chi connectivity index (χ1n) is 8.85. The van der Waals surface area contributed by atoms with Crippen LogP contribution >= 0.6 is 0 Å². The number of aromatic nitrogens is 2. The topological polar surface area (TPSA) is 57.5 Å². The van der Waals surface area contributed by atoms with Crippen molar-refractivity contribution in [1.29, 1.82) is 0 Å². The number of para-hydroxylation sites is 1. The van der Waals surface area contributed by atoms with Crippen LogP contribution in [0.15, 0.2) is 18.2 Å². The largest absolute Gasteiger partial charge is 0.454 e. The number of hydrogen-bond donors (Lipinski definition) is 1. The molecule has 0 unspecified atom stereocenters. The van der Waals surface area contributed by atoms with Gasteiger partial charge in [-0.2, -0.15) is 5.10 Å². The molecule has 2 aromatic rings. The number of rotatable bonds is 5. The Morgan fingerprint density at radius 2 is 2.16 bits per heavy atom. The fraction of sp³-hybridized carbons (Fsp3) is 0.526. The van der Waals surface area contributed by atoms with Gasteiger partial charge in [0.05, 0.1) is 11.8 Å². The normalized spacial score (nSPS) is 21.9. The van der Waals surface area contributed by atoms with E-state index in [9.17, 15) is 0 Å². The Morgan fingerprint density at radius 1 is 1.28 bits per heavy atom. The Bertz CT molecular complexity index is 772. The van der Waals surface area contributed by atoms with E-state index in [0.717, 1.165) is 48.9 Å². The van der Waals surface area contributed by atoms with E-state index >= 15 is 0 Å². The zero-order valence-electron chi connectivity index (χ0n) is 15.0. The van der Waals surface area contributed by atoms with Crippen LogP contribution in [0, 0.1) is 19.8 Å². The summed E-state index contributed by atoms with van der Waals surface area (Å²) >= 11 is 0. The van der Waals surface area contributed by atoms with Crippen molar-refractivity contribution in [2.75, 3.05) is 19.9 Å². The van der Waals surface area contributed by atoms with Crippen molar-refractivity contribution in [3.05, 3.63) is 40.7 Å². The van der Waals surface area contributed by atoms with Crippen LogP contribution in [0.2, 0.25) is 0 Å². The molecular weight excluding hydrogens is 318 g/mol. The number of hydrogen-bond acceptors (Lipinski definition) is 5. The van der Waals surface area contributed by atoms with Crippen molar-refractivity contribution in [2.24, 2.45) is 13.0 Å². The minimum atomic E-state index is 0.127. The minimum absolute atomic E-state index is 0.127. The number of fused-ring (bicyclic) bond motifs is 1. The molecule has 2 aliphatic heterocycles. The van der Waals surface area contributed by atoms with E-state index in [1.807, 2.05) is 23.9 Å². The SMILES string of the molecule is Cc1nn(C)c(C)c1[C@@H]1OCC[C@@H]1CNCc1cccc2c1OCO2. The van der Waals surface area contributed by atoms with Gasteiger partial charge < -0.3 is 19.5 Å². The molecule has 2 aliphatic rings. The average Bonchev–Trinajstić information content (AvgIpc) is 3.29. The van der Waals surface area contributed by atoms with E-state index in [4.69, 9.17) is 14.2 Å². The van der Waals surface area contributed by atoms with E-state index in [2.05, 4.69) is 30.3 Å². The van der Waals surface area contributed by atoms with E-state index in [-0.39, 0.29) is 6.10 Å². The number of benzene rings is 1. The fourth-order valence-electron chi connectivity index (χ4n) is 3.89. The fourth-order valence-corrected chi connectivity index (χ4v) is 3.89. The van der Waals surface area contributed by atoms with Crippen LogP contribution in [0.1, 0.15) is 35.0 Å². The molecule has 6 heteroatoms. The molecule has 0 bridgehead atoms. The monoisotopic (exact) mass is 343 g/mol. The van der Waals surface area contributed by atoms with Crippen LogP contribution in [0.4, 0.5) is 0 Å². The molecule has 25 heavy (non-hydrogen) atoms. The number of aryl methyl sites for hydroxylation is 2. The van der Waals surface area contributed by atoms with Gasteiger partial charge in [0.25, 0.3) is 0 Å². The molecule has 3 heterocycles. The van der Waals surface area contributed by atoms with Gasteiger partial charge >= 0.3 is 0 Å². The van der Waals surface area contributed by atoms with Crippen LogP contribution in [-0.4, -0.2) is 29.7 Å². The zero-order valence-corrected chi connectivity index (χ0v) is 15.0. The molecule has 4 rings (SSSR count). The van der Waals surface area contributed by atoms with E-state index in [0.29, 0.717) is 12.7 Å². The van der Waals surface area contributed by atoms with Crippen molar-refractivity contribution in [3.63, 3.8) is 0 Å². The molecule has 1 fully saturated rings. The standard InChI is InChI=1S/C19H25N3O3/c1-12-17(13(2)22(3)21-12)19-15(7-8-23-19)10-20-9-14-5-4-6-16-18(14)25-11-24-16/h4-6,15,19-20H,7-11H2,1-3H3/t15-,19-/m1/s1. The Hall–Kier alpha value is -2.05. The summed E-state index contributed by atoms with van der Waals surface area (Å²) in [5.74, 6) is 2.16. The van der Waals surface area contributed by atoms with Crippen LogP contribution in [0.3, 0.4) is 0 Å². The molecule has 1 aromatic carbocycles. The van der Waals surface area contributed by atoms with Crippen LogP contribution in [0.5, 0.6) is 11.5 Å². The first-order chi connectivity index (χ1) is 12.1. The minimum Gasteiger partial charge on any atom is -0.454 e. The summed E-state index contributed by atoms with van der Waals surface area (Å²) in [6, 6.07) is 6.04. The molecule has 1 saturated heterocycles. The lowest BCUT2D eigenvalue weighted by molar-refractivity contribution is 0.0893. The predicted octanol–water partition coefficient (Wildman–Crippen LogP) is 2.63. The zero-order chi connectivity index (χ0) is 17.4. The summed E-state index contributed by atoms with van der Waals surface area (Å²) in [5.41, 5.74) is 4.66. The second kappa shape index (κ2) is 6.69. The molecular formula is C19H25N3O3. The van der Waals surface area contributed by atoms with Crippen molar-refractivity contribution >= 4 is 0 Å². The van der Waals surface area contributed by atoms with Gasteiger partial charge in [-0.05, 0) is 26.3 Å². The first kappa shape index (κ1) is 16.4. The third-order valence-corrected chi connectivity index (χ3v) is 5.26. The highest BCUT2D eigenvalue weighted by atomic mass is 16.7. The van der Waals surface area contributed by atoms with Crippen LogP contribution in [0.25, 0.3) is 0 Å². The summed E-state index contributed by atoms with van der Waals surface area (Å²) in [4.78, 5) is 0. The Morgan fingerprint density at radius 3 is 2.96 bits per heavy atom. The predicted molar refractivity (Wildman–Crippen MR) is 93.8 cm³/mol. The summed E-state index contributed by atoms with van der Waals surface area (Å²) in [7, 11) is 1.99. The van der Waals surface area contributed by atoms with Gasteiger partial charge in [-0.15, -0.1) is 0 Å². The molecule has 1 N–H and O–H groups in total. The molecule has 0 spiro atoms. The van der Waals surface area contributed by atoms with Crippen LogP contribution < -0.4 is 14.8 Å². The van der Waals surface area contributed by atoms with Crippen molar-refractivity contribution < 1.29 is 14.2 Å². The molecule has 2 atom stereocenters. The molecule has 0 radical (unpaired) electrons. The van der Waals surface area contributed by atoms with Gasteiger partial charge in [-0.25, -0.2) is 0 Å². The number of nitrogens with zero attached hydrogens (tertiary/aromatic N) is 2. The van der Waals surface area contributed by atoms with Crippen molar-refractivity contribution in [1.82, 2.24) is 15.1 Å². The van der Waals surface area contributed by atoms with Crippen LogP contribution in [-0.2, 0) is 18.3 Å². The van der Waals surface area contributed by atoms with Gasteiger partial charge in [-0.3, -0.25) is 4.68 Å². The molecule has 0 aliphatic carbocycles. The van der Waals surface area contributed by atoms with E-state index in [1.165, 1.54) is 11.3 Å². The van der Waals surface area contributed by atoms with Gasteiger partial charge in [0.1, 0.15) is 0 Å². The molecule has 134 valence electrons. The summed E-state index contributed by atoms with van der Waals surface area (Å²) in [6.07, 6.45) is 1.19. The smallest absolute Gasteiger partial charge is 0.231 e. The second-order valence-electron chi connectivity index (χ2n) is 6.83. The third-order valence-electron chi connectivity index (χ3n) is 5.26. The Kier molecular flexibility index (Phi) is 4.39. The highest BCUT2D eigenvalue weighted by molar-refractivity contribution is 5.48. The van der Waals surface area contributed by atoms with E-state index < -0.39 is 0 Å². The Balaban J connectivity index is 1.42. The van der Waals surface area contributed by atoms with Gasteiger partial charge in [0.2, 0.25) is 6.79 Å². The van der Waals surface area contributed by atoms with Crippen molar-refractivity contribution in [3.8, 4) is 11.5 Å². The maximum absolute atomic E-state index is 6.07. The number of nitrogens with one attached hydrogen (secondary N) is 1. The lowest BCUT2D eigenvalue weighted by Crippen LogP contribution is -2.25. The quantitative estimate of drug-likeness (QED) is 0.904. The van der Waals surface area contributed by atoms with Crippen molar-refractivity contribution in [2.45, 2.75) is 32.9 Å². The Labute approximate surface area is 148 Å². The lowest BCUT2D eigenvalue weighted by Gasteiger charge is -2.20. The highest BCUT2D eigenvalue weighted by Crippen LogP contribution is 2.38. The van der Waals surface area contributed by atoms with E-state index in [1.54, 1.807) is 0 Å². The first-order valence-corrected chi connectivity index (χ1v) is 8.85. The summed E-state index contributed by atoms with van der Waals surface area (Å²) < 4.78 is 19.0. The number of ether oxygens (including phenoxy) is 3. The molecule has 1 aromatic heterocycles. The maximum Gasteiger partial charge on any atom is 0.231 e. The average molecular weight is 343 g/mol. The highest BCUT2D eigenvalue weighted by Gasteiger charge is 2.33. The molecule has 0 saturated carbocycles. The summed E-state index contributed by atoms with van der Waals surface area (Å²) in [6.45, 7) is 6.97. The van der Waals surface area contributed by atoms with Gasteiger partial charge in [-0.1, -0.05) is 12.1 Å². The summed E-state index contributed by atoms with van der Waals surface area (Å²) in [5, 5.41) is 8.12. The third kappa shape index (κ3) is 3.00. The van der Waals surface area contributed by atoms with Gasteiger partial charge in [0.15, 0.2) is 11.5 Å². The molecule has 0 amide bonds. The maximum atomic E-state index is 6.07. The second-order valence-corrected chi connectivity index (χ2v) is 6.83. The molecule has 6 nitrogen and oxygen atoms in total.